The van der Waals surface area contributed by atoms with Crippen LogP contribution in [0.2, 0.25) is 0 Å². The fourth-order valence-corrected chi connectivity index (χ4v) is 2.65. The van der Waals surface area contributed by atoms with Crippen LogP contribution in [-0.2, 0) is 0 Å². The smallest absolute Gasteiger partial charge is 0.261 e. The molecule has 0 saturated carbocycles. The maximum atomic E-state index is 12.2. The molecule has 0 spiro atoms. The number of rotatable bonds is 7. The average Bonchev–Trinajstić information content (AvgIpc) is 2.77. The Morgan fingerprint density at radius 3 is 1.90 bits per heavy atom. The van der Waals surface area contributed by atoms with E-state index in [0.29, 0.717) is 23.4 Å². The molecule has 3 rings (SSSR count). The number of nitrogens with one attached hydrogen (secondary N) is 4. The van der Waals surface area contributed by atoms with Crippen molar-refractivity contribution >= 4 is 23.4 Å². The normalized spacial score (nSPS) is 10.1. The zero-order chi connectivity index (χ0) is 21.3. The van der Waals surface area contributed by atoms with Gasteiger partial charge in [-0.25, -0.2) is 0 Å². The molecule has 0 bridgehead atoms. The maximum absolute atomic E-state index is 12.2. The SMILES string of the molecule is O=C(NCCNC(=O)c1ccc(NC(=O)c2ccc[nH]c2=O)cc1)c1ccccc1. The first-order valence-electron chi connectivity index (χ1n) is 9.25. The molecule has 0 radical (unpaired) electrons. The van der Waals surface area contributed by atoms with E-state index >= 15 is 0 Å². The molecule has 3 amide bonds. The minimum absolute atomic E-state index is 0.00290. The molecule has 30 heavy (non-hydrogen) atoms. The minimum Gasteiger partial charge on any atom is -0.350 e. The number of hydrogen-bond acceptors (Lipinski definition) is 4. The summed E-state index contributed by atoms with van der Waals surface area (Å²) < 4.78 is 0. The number of carbonyl (C=O) groups is 3. The van der Waals surface area contributed by atoms with E-state index in [0.717, 1.165) is 0 Å². The van der Waals surface area contributed by atoms with Crippen molar-refractivity contribution in [2.45, 2.75) is 0 Å². The summed E-state index contributed by atoms with van der Waals surface area (Å²) in [5.41, 5.74) is 0.927. The van der Waals surface area contributed by atoms with Gasteiger partial charge < -0.3 is 20.9 Å². The number of H-pyrrole nitrogens is 1. The molecule has 0 atom stereocenters. The highest BCUT2D eigenvalue weighted by Crippen LogP contribution is 2.10. The Kier molecular flexibility index (Phi) is 6.73. The first-order valence-corrected chi connectivity index (χ1v) is 9.25. The van der Waals surface area contributed by atoms with Gasteiger partial charge in [0.25, 0.3) is 23.3 Å². The summed E-state index contributed by atoms with van der Waals surface area (Å²) in [4.78, 5) is 50.4. The van der Waals surface area contributed by atoms with Crippen molar-refractivity contribution in [3.63, 3.8) is 0 Å². The summed E-state index contributed by atoms with van der Waals surface area (Å²) in [5, 5.41) is 8.05. The van der Waals surface area contributed by atoms with Crippen LogP contribution in [-0.4, -0.2) is 35.8 Å². The topological polar surface area (TPSA) is 120 Å². The lowest BCUT2D eigenvalue weighted by molar-refractivity contribution is 0.0927. The molecule has 0 aliphatic carbocycles. The highest BCUT2D eigenvalue weighted by atomic mass is 16.2. The quantitative estimate of drug-likeness (QED) is 0.449. The van der Waals surface area contributed by atoms with Gasteiger partial charge in [0.2, 0.25) is 0 Å². The van der Waals surface area contributed by atoms with Crippen molar-refractivity contribution in [2.24, 2.45) is 0 Å². The predicted molar refractivity (Wildman–Crippen MR) is 113 cm³/mol. The number of aromatic nitrogens is 1. The van der Waals surface area contributed by atoms with Gasteiger partial charge in [0.05, 0.1) is 0 Å². The van der Waals surface area contributed by atoms with E-state index in [9.17, 15) is 19.2 Å². The lowest BCUT2D eigenvalue weighted by Gasteiger charge is -2.08. The number of amides is 3. The Morgan fingerprint density at radius 1 is 0.700 bits per heavy atom. The van der Waals surface area contributed by atoms with E-state index in [1.165, 1.54) is 12.3 Å². The number of hydrogen-bond donors (Lipinski definition) is 4. The van der Waals surface area contributed by atoms with Crippen LogP contribution in [0.5, 0.6) is 0 Å². The van der Waals surface area contributed by atoms with Gasteiger partial charge in [-0.05, 0) is 48.5 Å². The zero-order valence-corrected chi connectivity index (χ0v) is 16.0. The molecule has 1 heterocycles. The molecule has 2 aromatic carbocycles. The summed E-state index contributed by atoms with van der Waals surface area (Å²) in [7, 11) is 0. The highest BCUT2D eigenvalue weighted by molar-refractivity contribution is 6.04. The van der Waals surface area contributed by atoms with Gasteiger partial charge in [-0.2, -0.15) is 0 Å². The highest BCUT2D eigenvalue weighted by Gasteiger charge is 2.11. The zero-order valence-electron chi connectivity index (χ0n) is 16.0. The van der Waals surface area contributed by atoms with Crippen LogP contribution in [0.4, 0.5) is 5.69 Å². The molecule has 0 aliphatic rings. The number of pyridine rings is 1. The van der Waals surface area contributed by atoms with Gasteiger partial charge in [0.15, 0.2) is 0 Å². The van der Waals surface area contributed by atoms with Crippen molar-refractivity contribution in [3.8, 4) is 0 Å². The Bertz CT molecular complexity index is 1090. The van der Waals surface area contributed by atoms with Crippen LogP contribution in [0.15, 0.2) is 77.7 Å². The first kappa shape index (κ1) is 20.5. The second kappa shape index (κ2) is 9.83. The van der Waals surface area contributed by atoms with E-state index in [4.69, 9.17) is 0 Å². The third-order valence-electron chi connectivity index (χ3n) is 4.20. The van der Waals surface area contributed by atoms with Crippen LogP contribution in [0.25, 0.3) is 0 Å². The minimum atomic E-state index is -0.539. The number of anilines is 1. The molecular weight excluding hydrogens is 384 g/mol. The maximum Gasteiger partial charge on any atom is 0.261 e. The molecule has 0 saturated heterocycles. The Balaban J connectivity index is 1.47. The van der Waals surface area contributed by atoms with Gasteiger partial charge >= 0.3 is 0 Å². The van der Waals surface area contributed by atoms with Crippen molar-refractivity contribution in [2.75, 3.05) is 18.4 Å². The van der Waals surface area contributed by atoms with Crippen LogP contribution < -0.4 is 21.5 Å². The Labute approximate surface area is 172 Å². The molecular formula is C22H20N4O4. The molecule has 0 fully saturated rings. The fourth-order valence-electron chi connectivity index (χ4n) is 2.65. The monoisotopic (exact) mass is 404 g/mol. The van der Waals surface area contributed by atoms with Crippen molar-refractivity contribution in [1.29, 1.82) is 0 Å². The number of benzene rings is 2. The predicted octanol–water partition coefficient (Wildman–Crippen LogP) is 1.79. The van der Waals surface area contributed by atoms with Gasteiger partial charge in [0, 0.05) is 36.1 Å². The molecule has 1 aromatic heterocycles. The van der Waals surface area contributed by atoms with E-state index < -0.39 is 11.5 Å². The van der Waals surface area contributed by atoms with E-state index in [-0.39, 0.29) is 23.9 Å². The Morgan fingerprint density at radius 2 is 1.30 bits per heavy atom. The van der Waals surface area contributed by atoms with Crippen molar-refractivity contribution < 1.29 is 14.4 Å². The summed E-state index contributed by atoms with van der Waals surface area (Å²) in [5.74, 6) is -1.05. The fraction of sp³-hybridized carbons (Fsp3) is 0.0909. The largest absolute Gasteiger partial charge is 0.350 e. The third kappa shape index (κ3) is 5.41. The lowest BCUT2D eigenvalue weighted by atomic mass is 10.2. The summed E-state index contributed by atoms with van der Waals surface area (Å²) in [6, 6.07) is 18.0. The summed E-state index contributed by atoms with van der Waals surface area (Å²) in [6.07, 6.45) is 1.44. The van der Waals surface area contributed by atoms with Crippen LogP contribution in [0.1, 0.15) is 31.1 Å². The average molecular weight is 404 g/mol. The van der Waals surface area contributed by atoms with Crippen LogP contribution >= 0.6 is 0 Å². The number of carbonyl (C=O) groups excluding carboxylic acids is 3. The molecule has 152 valence electrons. The molecule has 3 aromatic rings. The number of aromatic amines is 1. The van der Waals surface area contributed by atoms with Crippen LogP contribution in [0, 0.1) is 0 Å². The van der Waals surface area contributed by atoms with Gasteiger partial charge in [0.1, 0.15) is 5.56 Å². The molecule has 0 unspecified atom stereocenters. The van der Waals surface area contributed by atoms with Crippen LogP contribution in [0.3, 0.4) is 0 Å². The van der Waals surface area contributed by atoms with Crippen molar-refractivity contribution in [1.82, 2.24) is 15.6 Å². The molecule has 4 N–H and O–H groups in total. The Hall–Kier alpha value is -4.20. The molecule has 8 heteroatoms. The molecule has 0 aliphatic heterocycles. The van der Waals surface area contributed by atoms with E-state index in [1.54, 1.807) is 54.6 Å². The third-order valence-corrected chi connectivity index (χ3v) is 4.20. The lowest BCUT2D eigenvalue weighted by Crippen LogP contribution is -2.34. The second-order valence-electron chi connectivity index (χ2n) is 6.32. The van der Waals surface area contributed by atoms with Gasteiger partial charge in [-0.3, -0.25) is 19.2 Å². The van der Waals surface area contributed by atoms with Gasteiger partial charge in [-0.1, -0.05) is 18.2 Å². The second-order valence-corrected chi connectivity index (χ2v) is 6.32. The van der Waals surface area contributed by atoms with E-state index in [1.807, 2.05) is 6.07 Å². The van der Waals surface area contributed by atoms with Crippen molar-refractivity contribution in [3.05, 3.63) is 100.0 Å². The van der Waals surface area contributed by atoms with Gasteiger partial charge in [-0.15, -0.1) is 0 Å². The van der Waals surface area contributed by atoms with E-state index in [2.05, 4.69) is 20.9 Å². The first-order chi connectivity index (χ1) is 14.5. The summed E-state index contributed by atoms with van der Waals surface area (Å²) in [6.45, 7) is 0.561. The standard InChI is InChI=1S/C22H20N4O4/c27-19(15-5-2-1-3-6-15)24-13-14-25-20(28)16-8-10-17(11-9-16)26-22(30)18-7-4-12-23-21(18)29/h1-12H,13-14H2,(H,23,29)(H,24,27)(H,25,28)(H,26,30). The molecule has 8 nitrogen and oxygen atoms in total. The summed E-state index contributed by atoms with van der Waals surface area (Å²) >= 11 is 0.